The topological polar surface area (TPSA) is 205 Å². The minimum absolute atomic E-state index is 0.0231. The number of aromatic nitrogens is 1. The van der Waals surface area contributed by atoms with Gasteiger partial charge in [0.25, 0.3) is 10.0 Å². The second-order valence-corrected chi connectivity index (χ2v) is 8.33. The number of pyridine rings is 1. The Kier molecular flexibility index (Phi) is 8.75. The molecule has 0 amide bonds. The number of carbonyl (C=O) groups is 2. The zero-order valence-electron chi connectivity index (χ0n) is 17.7. The standard InChI is InChI=1S/C18H14N4O5S.C3H7NO2/c23-16-9-6-13(11-15(16)18(24)25)21-20-12-4-7-14(8-5-12)28(26,27)22-17-3-1-2-10-19-17;1-2(4)3(5)6/h1-11,23H,(H,19,22)(H,24,25);2H,4H2,1H3,(H,5,6). The molecule has 0 fully saturated rings. The highest BCUT2D eigenvalue weighted by atomic mass is 32.2. The third-order valence-corrected chi connectivity index (χ3v) is 5.30. The number of azo groups is 1. The van der Waals surface area contributed by atoms with Gasteiger partial charge < -0.3 is 21.1 Å². The number of anilines is 1. The van der Waals surface area contributed by atoms with Gasteiger partial charge in [0, 0.05) is 6.20 Å². The van der Waals surface area contributed by atoms with Crippen molar-refractivity contribution in [3.05, 3.63) is 72.4 Å². The molecule has 2 aromatic carbocycles. The van der Waals surface area contributed by atoms with Gasteiger partial charge in [0.1, 0.15) is 23.2 Å². The first kappa shape index (κ1) is 25.9. The number of nitrogens with zero attached hydrogens (tertiary/aromatic N) is 3. The molecule has 1 unspecified atom stereocenters. The largest absolute Gasteiger partial charge is 0.507 e. The Bertz CT molecular complexity index is 1280. The molecule has 0 aliphatic rings. The Morgan fingerprint density at radius 1 is 1.00 bits per heavy atom. The number of carboxylic acids is 2. The summed E-state index contributed by atoms with van der Waals surface area (Å²) in [5, 5.41) is 34.2. The summed E-state index contributed by atoms with van der Waals surface area (Å²) < 4.78 is 27.0. The zero-order chi connectivity index (χ0) is 25.3. The van der Waals surface area contributed by atoms with Crippen LogP contribution in [0.1, 0.15) is 17.3 Å². The third-order valence-electron chi connectivity index (χ3n) is 3.93. The van der Waals surface area contributed by atoms with Crippen molar-refractivity contribution in [3.8, 4) is 5.75 Å². The normalized spacial score (nSPS) is 11.8. The van der Waals surface area contributed by atoms with Gasteiger partial charge in [0.2, 0.25) is 0 Å². The van der Waals surface area contributed by atoms with Gasteiger partial charge in [0.05, 0.1) is 16.3 Å². The third kappa shape index (κ3) is 7.65. The van der Waals surface area contributed by atoms with Crippen molar-refractivity contribution in [1.82, 2.24) is 4.98 Å². The second-order valence-electron chi connectivity index (χ2n) is 6.65. The van der Waals surface area contributed by atoms with Crippen molar-refractivity contribution in [2.75, 3.05) is 4.72 Å². The number of hydrogen-bond acceptors (Lipinski definition) is 9. The summed E-state index contributed by atoms with van der Waals surface area (Å²) in [5.41, 5.74) is 5.13. The van der Waals surface area contributed by atoms with Gasteiger partial charge >= 0.3 is 11.9 Å². The lowest BCUT2D eigenvalue weighted by Crippen LogP contribution is -2.25. The predicted octanol–water partition coefficient (Wildman–Crippen LogP) is 3.12. The molecule has 0 saturated carbocycles. The number of rotatable bonds is 7. The molecule has 3 aromatic rings. The van der Waals surface area contributed by atoms with Crippen LogP contribution in [0.2, 0.25) is 0 Å². The number of nitrogens with one attached hydrogen (secondary N) is 1. The molecular formula is C21H21N5O7S. The average molecular weight is 487 g/mol. The summed E-state index contributed by atoms with van der Waals surface area (Å²) in [6.07, 6.45) is 1.47. The number of phenols is 1. The van der Waals surface area contributed by atoms with Crippen LogP contribution in [0.25, 0.3) is 0 Å². The maximum absolute atomic E-state index is 12.3. The molecule has 0 bridgehead atoms. The highest BCUT2D eigenvalue weighted by molar-refractivity contribution is 7.92. The van der Waals surface area contributed by atoms with E-state index >= 15 is 0 Å². The van der Waals surface area contributed by atoms with E-state index in [1.807, 2.05) is 0 Å². The number of aliphatic carboxylic acids is 1. The molecule has 13 heteroatoms. The lowest BCUT2D eigenvalue weighted by atomic mass is 10.2. The van der Waals surface area contributed by atoms with Crippen molar-refractivity contribution in [2.45, 2.75) is 17.9 Å². The first-order chi connectivity index (χ1) is 16.0. The maximum atomic E-state index is 12.3. The molecule has 0 spiro atoms. The van der Waals surface area contributed by atoms with Crippen LogP contribution < -0.4 is 10.5 Å². The highest BCUT2D eigenvalue weighted by Gasteiger charge is 2.14. The number of carboxylic acid groups (broad SMARTS) is 2. The summed E-state index contributed by atoms with van der Waals surface area (Å²) in [4.78, 5) is 24.5. The van der Waals surface area contributed by atoms with Gasteiger partial charge in [0.15, 0.2) is 0 Å². The minimum Gasteiger partial charge on any atom is -0.507 e. The quantitative estimate of drug-likeness (QED) is 0.310. The molecule has 0 saturated heterocycles. The van der Waals surface area contributed by atoms with E-state index < -0.39 is 28.0 Å². The predicted molar refractivity (Wildman–Crippen MR) is 122 cm³/mol. The van der Waals surface area contributed by atoms with Crippen LogP contribution in [0, 0.1) is 0 Å². The number of aromatic hydroxyl groups is 1. The summed E-state index contributed by atoms with van der Waals surface area (Å²) >= 11 is 0. The number of aromatic carboxylic acids is 1. The van der Waals surface area contributed by atoms with Gasteiger partial charge in [-0.2, -0.15) is 10.2 Å². The van der Waals surface area contributed by atoms with Crippen molar-refractivity contribution in [2.24, 2.45) is 16.0 Å². The van der Waals surface area contributed by atoms with Gasteiger partial charge in [-0.1, -0.05) is 6.07 Å². The monoisotopic (exact) mass is 487 g/mol. The molecule has 12 nitrogen and oxygen atoms in total. The van der Waals surface area contributed by atoms with Crippen LogP contribution in [0.4, 0.5) is 17.2 Å². The highest BCUT2D eigenvalue weighted by Crippen LogP contribution is 2.26. The summed E-state index contributed by atoms with van der Waals surface area (Å²) in [6.45, 7) is 1.42. The summed E-state index contributed by atoms with van der Waals surface area (Å²) in [5.74, 6) is -2.42. The van der Waals surface area contributed by atoms with Crippen LogP contribution in [-0.4, -0.2) is 46.7 Å². The fourth-order valence-corrected chi connectivity index (χ4v) is 3.19. The van der Waals surface area contributed by atoms with Crippen molar-refractivity contribution in [1.29, 1.82) is 0 Å². The average Bonchev–Trinajstić information content (AvgIpc) is 2.79. The van der Waals surface area contributed by atoms with E-state index in [4.69, 9.17) is 15.9 Å². The van der Waals surface area contributed by atoms with E-state index in [0.29, 0.717) is 5.69 Å². The smallest absolute Gasteiger partial charge is 0.339 e. The molecule has 34 heavy (non-hydrogen) atoms. The molecule has 6 N–H and O–H groups in total. The molecular weight excluding hydrogens is 466 g/mol. The molecule has 3 rings (SSSR count). The zero-order valence-corrected chi connectivity index (χ0v) is 18.5. The number of benzene rings is 2. The van der Waals surface area contributed by atoms with Crippen molar-refractivity contribution in [3.63, 3.8) is 0 Å². The van der Waals surface area contributed by atoms with Gasteiger partial charge in [-0.15, -0.1) is 0 Å². The molecule has 178 valence electrons. The van der Waals surface area contributed by atoms with Gasteiger partial charge in [-0.3, -0.25) is 9.52 Å². The molecule has 0 aliphatic carbocycles. The maximum Gasteiger partial charge on any atom is 0.339 e. The van der Waals surface area contributed by atoms with Crippen LogP contribution >= 0.6 is 0 Å². The van der Waals surface area contributed by atoms with Crippen LogP contribution in [0.15, 0.2) is 82.0 Å². The second kappa shape index (κ2) is 11.5. The summed E-state index contributed by atoms with van der Waals surface area (Å²) in [6, 6.07) is 13.5. The van der Waals surface area contributed by atoms with E-state index in [0.717, 1.165) is 0 Å². The molecule has 0 aliphatic heterocycles. The van der Waals surface area contributed by atoms with Crippen molar-refractivity contribution >= 4 is 39.2 Å². The van der Waals surface area contributed by atoms with Crippen LogP contribution in [-0.2, 0) is 14.8 Å². The summed E-state index contributed by atoms with van der Waals surface area (Å²) in [7, 11) is -3.79. The van der Waals surface area contributed by atoms with E-state index in [-0.39, 0.29) is 27.7 Å². The molecule has 1 atom stereocenters. The van der Waals surface area contributed by atoms with Gasteiger partial charge in [-0.05, 0) is 61.5 Å². The number of hydrogen-bond donors (Lipinski definition) is 5. The lowest BCUT2D eigenvalue weighted by Gasteiger charge is -2.07. The van der Waals surface area contributed by atoms with Gasteiger partial charge in [-0.25, -0.2) is 18.2 Å². The minimum atomic E-state index is -3.79. The molecule has 0 radical (unpaired) electrons. The first-order valence-electron chi connectivity index (χ1n) is 9.50. The number of sulfonamides is 1. The molecule has 1 heterocycles. The van der Waals surface area contributed by atoms with Crippen molar-refractivity contribution < 1.29 is 33.3 Å². The van der Waals surface area contributed by atoms with E-state index in [1.165, 1.54) is 61.7 Å². The lowest BCUT2D eigenvalue weighted by molar-refractivity contribution is -0.138. The Morgan fingerprint density at radius 2 is 1.59 bits per heavy atom. The first-order valence-corrected chi connectivity index (χ1v) is 11.0. The van der Waals surface area contributed by atoms with Crippen LogP contribution in [0.5, 0.6) is 5.75 Å². The van der Waals surface area contributed by atoms with E-state index in [1.54, 1.807) is 12.1 Å². The Hall–Kier alpha value is -4.36. The number of nitrogens with two attached hydrogens (primary N) is 1. The van der Waals surface area contributed by atoms with Crippen LogP contribution in [0.3, 0.4) is 0 Å². The Labute approximate surface area is 194 Å². The van der Waals surface area contributed by atoms with E-state index in [2.05, 4.69) is 19.9 Å². The Balaban J connectivity index is 0.000000604. The molecule has 1 aromatic heterocycles. The van der Waals surface area contributed by atoms with E-state index in [9.17, 15) is 23.1 Å². The SMILES string of the molecule is CC(N)C(=O)O.O=C(O)c1cc(N=Nc2ccc(S(=O)(=O)Nc3ccccn3)cc2)ccc1O. The fraction of sp³-hybridized carbons (Fsp3) is 0.0952. The Morgan fingerprint density at radius 3 is 2.12 bits per heavy atom. The fourth-order valence-electron chi connectivity index (χ4n) is 2.18.